The van der Waals surface area contributed by atoms with E-state index in [1.54, 1.807) is 12.1 Å². The highest BCUT2D eigenvalue weighted by Gasteiger charge is 2.28. The predicted molar refractivity (Wildman–Crippen MR) is 108 cm³/mol. The van der Waals surface area contributed by atoms with E-state index < -0.39 is 11.9 Å². The van der Waals surface area contributed by atoms with Gasteiger partial charge in [0.25, 0.3) is 5.91 Å². The number of anilines is 2. The van der Waals surface area contributed by atoms with Crippen LogP contribution in [0.4, 0.5) is 11.4 Å². The first-order valence-electron chi connectivity index (χ1n) is 8.10. The van der Waals surface area contributed by atoms with Crippen molar-refractivity contribution in [3.8, 4) is 0 Å². The Morgan fingerprint density at radius 3 is 2.48 bits per heavy atom. The van der Waals surface area contributed by atoms with Crippen molar-refractivity contribution in [2.45, 2.75) is 12.5 Å². The van der Waals surface area contributed by atoms with Gasteiger partial charge in [0.15, 0.2) is 0 Å². The van der Waals surface area contributed by atoms with Crippen LogP contribution in [0, 0.1) is 0 Å². The molecule has 1 heterocycles. The molecule has 138 valence electrons. The topological polar surface area (TPSA) is 121 Å². The molecular formula is C18H17BrN6O2. The molecule has 0 spiro atoms. The van der Waals surface area contributed by atoms with Gasteiger partial charge in [0.2, 0.25) is 17.8 Å². The number of benzene rings is 2. The number of carbonyl (C=O) groups is 2. The predicted octanol–water partition coefficient (Wildman–Crippen LogP) is 2.06. The van der Waals surface area contributed by atoms with E-state index in [1.165, 1.54) is 0 Å². The number of hydrogen-bond donors (Lipinski definition) is 4. The van der Waals surface area contributed by atoms with E-state index in [9.17, 15) is 9.59 Å². The van der Waals surface area contributed by atoms with Crippen LogP contribution >= 0.6 is 15.9 Å². The van der Waals surface area contributed by atoms with Crippen molar-refractivity contribution in [1.29, 1.82) is 0 Å². The van der Waals surface area contributed by atoms with Crippen LogP contribution in [0.15, 0.2) is 69.1 Å². The molecule has 2 aromatic carbocycles. The number of rotatable bonds is 4. The van der Waals surface area contributed by atoms with Crippen LogP contribution in [-0.2, 0) is 9.59 Å². The number of amides is 2. The summed E-state index contributed by atoms with van der Waals surface area (Å²) in [6.07, 6.45) is -0.0903. The minimum Gasteiger partial charge on any atom is -0.369 e. The molecule has 9 heteroatoms. The standard InChI is InChI=1S/C18H17BrN6O2/c19-11-6-8-13(9-7-11)21-15(26)10-14-16(27)24-18(23-14)25-17(20)22-12-4-2-1-3-5-12/h1-9,14H,10H2,(H,21,26)(H4,20,22,23,24,25,27). The summed E-state index contributed by atoms with van der Waals surface area (Å²) in [7, 11) is 0. The first-order valence-corrected chi connectivity index (χ1v) is 8.89. The van der Waals surface area contributed by atoms with E-state index >= 15 is 0 Å². The van der Waals surface area contributed by atoms with E-state index in [0.717, 1.165) is 10.2 Å². The van der Waals surface area contributed by atoms with E-state index in [-0.39, 0.29) is 24.2 Å². The number of carbonyl (C=O) groups excluding carboxylic acids is 2. The number of aliphatic imine (C=N–C) groups is 2. The van der Waals surface area contributed by atoms with Crippen molar-refractivity contribution in [2.75, 3.05) is 10.6 Å². The Morgan fingerprint density at radius 2 is 1.78 bits per heavy atom. The van der Waals surface area contributed by atoms with E-state index in [0.29, 0.717) is 5.69 Å². The molecule has 0 fully saturated rings. The molecule has 1 atom stereocenters. The summed E-state index contributed by atoms with van der Waals surface area (Å²) in [6, 6.07) is 15.5. The van der Waals surface area contributed by atoms with Gasteiger partial charge in [0, 0.05) is 15.8 Å². The van der Waals surface area contributed by atoms with E-state index in [1.807, 2.05) is 42.5 Å². The maximum atomic E-state index is 12.1. The lowest BCUT2D eigenvalue weighted by Crippen LogP contribution is -2.32. The van der Waals surface area contributed by atoms with Crippen LogP contribution in [-0.4, -0.2) is 29.8 Å². The number of hydrogen-bond acceptors (Lipinski definition) is 4. The molecule has 0 aromatic heterocycles. The third-order valence-electron chi connectivity index (χ3n) is 3.60. The van der Waals surface area contributed by atoms with Gasteiger partial charge in [-0.05, 0) is 36.4 Å². The van der Waals surface area contributed by atoms with Crippen LogP contribution in [0.2, 0.25) is 0 Å². The highest BCUT2D eigenvalue weighted by Crippen LogP contribution is 2.15. The summed E-state index contributed by atoms with van der Waals surface area (Å²) in [5.41, 5.74) is 7.21. The van der Waals surface area contributed by atoms with Crippen molar-refractivity contribution < 1.29 is 9.59 Å². The molecule has 2 amide bonds. The minimum absolute atomic E-state index is 0.0716. The number of nitrogens with two attached hydrogens (primary N) is 1. The molecule has 3 rings (SSSR count). The Hall–Kier alpha value is -3.20. The molecule has 0 saturated carbocycles. The fourth-order valence-corrected chi connectivity index (χ4v) is 2.62. The average Bonchev–Trinajstić information content (AvgIpc) is 2.96. The van der Waals surface area contributed by atoms with Crippen LogP contribution in [0.3, 0.4) is 0 Å². The summed E-state index contributed by atoms with van der Waals surface area (Å²) >= 11 is 3.33. The summed E-state index contributed by atoms with van der Waals surface area (Å²) in [5.74, 6) is -0.559. The van der Waals surface area contributed by atoms with Gasteiger partial charge in [-0.1, -0.05) is 34.1 Å². The van der Waals surface area contributed by atoms with Gasteiger partial charge < -0.3 is 16.4 Å². The maximum Gasteiger partial charge on any atom is 0.252 e. The average molecular weight is 429 g/mol. The summed E-state index contributed by atoms with van der Waals surface area (Å²) in [4.78, 5) is 32.3. The summed E-state index contributed by atoms with van der Waals surface area (Å²) < 4.78 is 0.907. The Labute approximate surface area is 164 Å². The van der Waals surface area contributed by atoms with Crippen LogP contribution in [0.5, 0.6) is 0 Å². The van der Waals surface area contributed by atoms with Crippen molar-refractivity contribution in [1.82, 2.24) is 5.32 Å². The zero-order valence-electron chi connectivity index (χ0n) is 14.1. The molecule has 1 unspecified atom stereocenters. The fraction of sp³-hybridized carbons (Fsp3) is 0.111. The summed E-state index contributed by atoms with van der Waals surface area (Å²) in [6.45, 7) is 0. The highest BCUT2D eigenvalue weighted by atomic mass is 79.9. The van der Waals surface area contributed by atoms with Gasteiger partial charge in [-0.2, -0.15) is 4.99 Å². The minimum atomic E-state index is -0.844. The molecule has 27 heavy (non-hydrogen) atoms. The lowest BCUT2D eigenvalue weighted by Gasteiger charge is -2.06. The lowest BCUT2D eigenvalue weighted by atomic mass is 10.2. The number of halogens is 1. The molecular weight excluding hydrogens is 412 g/mol. The lowest BCUT2D eigenvalue weighted by molar-refractivity contribution is -0.123. The van der Waals surface area contributed by atoms with Gasteiger partial charge in [-0.25, -0.2) is 4.99 Å². The van der Waals surface area contributed by atoms with Crippen molar-refractivity contribution in [2.24, 2.45) is 15.7 Å². The summed E-state index contributed by atoms with van der Waals surface area (Å²) in [5, 5.41) is 8.13. The quantitative estimate of drug-likeness (QED) is 0.439. The largest absolute Gasteiger partial charge is 0.369 e. The van der Waals surface area contributed by atoms with Gasteiger partial charge >= 0.3 is 0 Å². The molecule has 2 aromatic rings. The SMILES string of the molecule is N/C(=N\C1=NC(CC(=O)Nc2ccc(Br)cc2)C(=O)N1)Nc1ccccc1. The van der Waals surface area contributed by atoms with Crippen molar-refractivity contribution in [3.63, 3.8) is 0 Å². The van der Waals surface area contributed by atoms with Crippen LogP contribution < -0.4 is 21.7 Å². The van der Waals surface area contributed by atoms with Crippen LogP contribution in [0.25, 0.3) is 0 Å². The molecule has 0 radical (unpaired) electrons. The van der Waals surface area contributed by atoms with Gasteiger partial charge in [0.05, 0.1) is 6.42 Å². The smallest absolute Gasteiger partial charge is 0.252 e. The number of para-hydroxylation sites is 1. The fourth-order valence-electron chi connectivity index (χ4n) is 2.36. The molecule has 0 bridgehead atoms. The molecule has 0 saturated heterocycles. The second-order valence-electron chi connectivity index (χ2n) is 5.71. The Balaban J connectivity index is 1.59. The molecule has 5 N–H and O–H groups in total. The van der Waals surface area contributed by atoms with Gasteiger partial charge in [-0.3, -0.25) is 14.9 Å². The zero-order chi connectivity index (χ0) is 19.2. The maximum absolute atomic E-state index is 12.1. The first-order chi connectivity index (χ1) is 13.0. The second kappa shape index (κ2) is 8.45. The third kappa shape index (κ3) is 5.38. The Kier molecular flexibility index (Phi) is 5.82. The zero-order valence-corrected chi connectivity index (χ0v) is 15.7. The van der Waals surface area contributed by atoms with Crippen molar-refractivity contribution in [3.05, 3.63) is 59.1 Å². The second-order valence-corrected chi connectivity index (χ2v) is 6.62. The van der Waals surface area contributed by atoms with Gasteiger partial charge in [0.1, 0.15) is 6.04 Å². The first kappa shape index (κ1) is 18.6. The molecule has 1 aliphatic rings. The van der Waals surface area contributed by atoms with E-state index in [2.05, 4.69) is 41.9 Å². The number of nitrogens with one attached hydrogen (secondary N) is 3. The van der Waals surface area contributed by atoms with Gasteiger partial charge in [-0.15, -0.1) is 0 Å². The highest BCUT2D eigenvalue weighted by molar-refractivity contribution is 9.10. The third-order valence-corrected chi connectivity index (χ3v) is 4.12. The Morgan fingerprint density at radius 1 is 1.11 bits per heavy atom. The Bertz CT molecular complexity index is 896. The van der Waals surface area contributed by atoms with Crippen molar-refractivity contribution >= 4 is 51.0 Å². The molecule has 1 aliphatic heterocycles. The number of guanidine groups is 2. The monoisotopic (exact) mass is 428 g/mol. The molecule has 0 aliphatic carbocycles. The molecule has 8 nitrogen and oxygen atoms in total. The normalized spacial score (nSPS) is 16.5. The van der Waals surface area contributed by atoms with E-state index in [4.69, 9.17) is 5.73 Å². The van der Waals surface area contributed by atoms with Crippen LogP contribution in [0.1, 0.15) is 6.42 Å². The number of nitrogens with zero attached hydrogens (tertiary/aromatic N) is 2.